The first-order chi connectivity index (χ1) is 15.0. The Morgan fingerprint density at radius 1 is 1.03 bits per heavy atom. The molecular weight excluding hydrogens is 437 g/mol. The molecule has 0 spiro atoms. The van der Waals surface area contributed by atoms with Gasteiger partial charge < -0.3 is 10.1 Å². The molecule has 0 aliphatic carbocycles. The number of rotatable bonds is 7. The van der Waals surface area contributed by atoms with E-state index in [1.807, 2.05) is 41.9 Å². The fourth-order valence-corrected chi connectivity index (χ4v) is 3.35. The van der Waals surface area contributed by atoms with Crippen LogP contribution in [0.15, 0.2) is 66.9 Å². The monoisotopic (exact) mass is 455 g/mol. The van der Waals surface area contributed by atoms with Gasteiger partial charge in [-0.3, -0.25) is 9.48 Å². The van der Waals surface area contributed by atoms with E-state index in [1.165, 1.54) is 4.68 Å². The van der Waals surface area contributed by atoms with Gasteiger partial charge in [0, 0.05) is 28.0 Å². The van der Waals surface area contributed by atoms with Gasteiger partial charge in [0.2, 0.25) is 0 Å². The topological polar surface area (TPSA) is 74.0 Å². The van der Waals surface area contributed by atoms with Gasteiger partial charge in [0.1, 0.15) is 11.4 Å². The summed E-state index contributed by atoms with van der Waals surface area (Å²) in [6.07, 6.45) is 1.54. The number of hydrogen-bond acceptors (Lipinski definition) is 4. The first-order valence-electron chi connectivity index (χ1n) is 9.48. The highest BCUT2D eigenvalue weighted by molar-refractivity contribution is 6.30. The second-order valence-corrected chi connectivity index (χ2v) is 7.73. The van der Waals surface area contributed by atoms with Gasteiger partial charge in [-0.25, -0.2) is 4.68 Å². The summed E-state index contributed by atoms with van der Waals surface area (Å²) in [6.45, 7) is 2.56. The van der Waals surface area contributed by atoms with Gasteiger partial charge in [-0.15, -0.1) is 0 Å². The van der Waals surface area contributed by atoms with Crippen molar-refractivity contribution in [3.63, 3.8) is 0 Å². The van der Waals surface area contributed by atoms with Crippen LogP contribution < -0.4 is 10.1 Å². The number of nitrogens with one attached hydrogen (secondary N) is 1. The molecule has 1 amide bonds. The molecule has 7 nitrogen and oxygen atoms in total. The standard InChI is InChI=1S/C22H19Cl2N5O2/c1-15-11-21(27-28(15)13-16-3-2-4-18(24)12-16)26-22(30)20-9-10-25-29(20)14-31-19-7-5-17(23)6-8-19/h2-12H,13-14H2,1H3,(H,26,27,30). The number of aromatic nitrogens is 4. The highest BCUT2D eigenvalue weighted by atomic mass is 35.5. The van der Waals surface area contributed by atoms with Crippen LogP contribution in [0, 0.1) is 6.92 Å². The van der Waals surface area contributed by atoms with Crippen LogP contribution in [0.1, 0.15) is 21.7 Å². The molecule has 0 aliphatic heterocycles. The molecule has 31 heavy (non-hydrogen) atoms. The van der Waals surface area contributed by atoms with E-state index >= 15 is 0 Å². The number of anilines is 1. The minimum absolute atomic E-state index is 0.0830. The summed E-state index contributed by atoms with van der Waals surface area (Å²) in [4.78, 5) is 12.8. The molecule has 0 bridgehead atoms. The summed E-state index contributed by atoms with van der Waals surface area (Å²) < 4.78 is 8.96. The van der Waals surface area contributed by atoms with E-state index in [0.29, 0.717) is 33.9 Å². The van der Waals surface area contributed by atoms with Gasteiger partial charge in [0.25, 0.3) is 5.91 Å². The molecule has 2 aromatic heterocycles. The van der Waals surface area contributed by atoms with E-state index in [2.05, 4.69) is 15.5 Å². The maximum atomic E-state index is 12.8. The second-order valence-electron chi connectivity index (χ2n) is 6.86. The normalized spacial score (nSPS) is 10.8. The van der Waals surface area contributed by atoms with Crippen molar-refractivity contribution in [1.82, 2.24) is 19.6 Å². The first-order valence-corrected chi connectivity index (χ1v) is 10.2. The largest absolute Gasteiger partial charge is 0.471 e. The molecule has 4 rings (SSSR count). The van der Waals surface area contributed by atoms with E-state index in [1.54, 1.807) is 36.5 Å². The van der Waals surface area contributed by atoms with Crippen molar-refractivity contribution in [2.24, 2.45) is 0 Å². The lowest BCUT2D eigenvalue weighted by molar-refractivity contribution is 0.100. The summed E-state index contributed by atoms with van der Waals surface area (Å²) in [5, 5.41) is 12.8. The number of aryl methyl sites for hydroxylation is 1. The Morgan fingerprint density at radius 3 is 2.61 bits per heavy atom. The molecule has 158 valence electrons. The Labute approximate surface area is 189 Å². The summed E-state index contributed by atoms with van der Waals surface area (Å²) >= 11 is 11.9. The molecule has 9 heteroatoms. The molecule has 0 atom stereocenters. The lowest BCUT2D eigenvalue weighted by Crippen LogP contribution is -2.20. The molecule has 0 aliphatic rings. The Morgan fingerprint density at radius 2 is 1.84 bits per heavy atom. The number of ether oxygens (including phenoxy) is 1. The van der Waals surface area contributed by atoms with E-state index in [0.717, 1.165) is 11.3 Å². The van der Waals surface area contributed by atoms with Crippen molar-refractivity contribution >= 4 is 34.9 Å². The predicted molar refractivity (Wildman–Crippen MR) is 120 cm³/mol. The third-order valence-corrected chi connectivity index (χ3v) is 5.05. The lowest BCUT2D eigenvalue weighted by atomic mass is 10.2. The highest BCUT2D eigenvalue weighted by Crippen LogP contribution is 2.17. The molecule has 2 aromatic carbocycles. The fourth-order valence-electron chi connectivity index (χ4n) is 3.01. The van der Waals surface area contributed by atoms with Gasteiger partial charge in [0.15, 0.2) is 12.5 Å². The highest BCUT2D eigenvalue weighted by Gasteiger charge is 2.15. The number of amides is 1. The van der Waals surface area contributed by atoms with Crippen molar-refractivity contribution < 1.29 is 9.53 Å². The summed E-state index contributed by atoms with van der Waals surface area (Å²) in [7, 11) is 0. The van der Waals surface area contributed by atoms with Crippen LogP contribution in [0.2, 0.25) is 10.0 Å². The van der Waals surface area contributed by atoms with Gasteiger partial charge in [-0.05, 0) is 55.0 Å². The summed E-state index contributed by atoms with van der Waals surface area (Å²) in [5.74, 6) is 0.752. The van der Waals surface area contributed by atoms with Gasteiger partial charge in [-0.2, -0.15) is 10.2 Å². The average Bonchev–Trinajstić information content (AvgIpc) is 3.34. The minimum Gasteiger partial charge on any atom is -0.471 e. The molecule has 0 saturated heterocycles. The maximum Gasteiger partial charge on any atom is 0.275 e. The predicted octanol–water partition coefficient (Wildman–Crippen LogP) is 5.03. The third kappa shape index (κ3) is 5.25. The Kier molecular flexibility index (Phi) is 6.25. The van der Waals surface area contributed by atoms with Crippen LogP contribution in [0.25, 0.3) is 0 Å². The van der Waals surface area contributed by atoms with Crippen LogP contribution >= 0.6 is 23.2 Å². The number of halogens is 2. The zero-order valence-corrected chi connectivity index (χ0v) is 18.1. The van der Waals surface area contributed by atoms with E-state index in [4.69, 9.17) is 27.9 Å². The van der Waals surface area contributed by atoms with Crippen LogP contribution in [-0.2, 0) is 13.3 Å². The molecule has 0 fully saturated rings. The quantitative estimate of drug-likeness (QED) is 0.423. The van der Waals surface area contributed by atoms with E-state index in [-0.39, 0.29) is 12.6 Å². The Hall–Kier alpha value is -3.29. The molecule has 1 N–H and O–H groups in total. The maximum absolute atomic E-state index is 12.8. The smallest absolute Gasteiger partial charge is 0.275 e. The van der Waals surface area contributed by atoms with Gasteiger partial charge in [-0.1, -0.05) is 35.3 Å². The summed E-state index contributed by atoms with van der Waals surface area (Å²) in [5.41, 5.74) is 2.29. The van der Waals surface area contributed by atoms with E-state index in [9.17, 15) is 4.79 Å². The van der Waals surface area contributed by atoms with Crippen molar-refractivity contribution in [2.75, 3.05) is 5.32 Å². The van der Waals surface area contributed by atoms with Gasteiger partial charge in [0.05, 0.1) is 6.54 Å². The third-order valence-electron chi connectivity index (χ3n) is 4.56. The van der Waals surface area contributed by atoms with E-state index < -0.39 is 0 Å². The number of hydrogen-bond donors (Lipinski definition) is 1. The van der Waals surface area contributed by atoms with Crippen LogP contribution in [0.5, 0.6) is 5.75 Å². The number of carbonyl (C=O) groups excluding carboxylic acids is 1. The Balaban J connectivity index is 1.42. The van der Waals surface area contributed by atoms with Crippen molar-refractivity contribution in [1.29, 1.82) is 0 Å². The first kappa shape index (κ1) is 21.0. The molecular formula is C22H19Cl2N5O2. The molecule has 0 saturated carbocycles. The molecule has 2 heterocycles. The van der Waals surface area contributed by atoms with Gasteiger partial charge >= 0.3 is 0 Å². The van der Waals surface area contributed by atoms with Crippen LogP contribution in [-0.4, -0.2) is 25.5 Å². The minimum atomic E-state index is -0.329. The fraction of sp³-hybridized carbons (Fsp3) is 0.136. The van der Waals surface area contributed by atoms with Crippen molar-refractivity contribution in [3.05, 3.63) is 93.9 Å². The van der Waals surface area contributed by atoms with Crippen LogP contribution in [0.4, 0.5) is 5.82 Å². The Bertz CT molecular complexity index is 1200. The zero-order chi connectivity index (χ0) is 21.8. The average molecular weight is 456 g/mol. The lowest BCUT2D eigenvalue weighted by Gasteiger charge is -2.09. The summed E-state index contributed by atoms with van der Waals surface area (Å²) in [6, 6.07) is 18.0. The second kappa shape index (κ2) is 9.24. The number of carbonyl (C=O) groups is 1. The van der Waals surface area contributed by atoms with Crippen molar-refractivity contribution in [3.8, 4) is 5.75 Å². The van der Waals surface area contributed by atoms with Crippen molar-refractivity contribution in [2.45, 2.75) is 20.2 Å². The number of benzene rings is 2. The molecule has 0 radical (unpaired) electrons. The van der Waals surface area contributed by atoms with Crippen LogP contribution in [0.3, 0.4) is 0 Å². The molecule has 4 aromatic rings. The SMILES string of the molecule is Cc1cc(NC(=O)c2ccnn2COc2ccc(Cl)cc2)nn1Cc1cccc(Cl)c1. The molecule has 0 unspecified atom stereocenters. The zero-order valence-electron chi connectivity index (χ0n) is 16.6. The number of nitrogens with zero attached hydrogens (tertiary/aromatic N) is 4.